The van der Waals surface area contributed by atoms with Gasteiger partial charge in [0.1, 0.15) is 0 Å². The van der Waals surface area contributed by atoms with E-state index in [0.29, 0.717) is 5.91 Å². The molecule has 2 unspecified atom stereocenters. The maximum absolute atomic E-state index is 13.4. The van der Waals surface area contributed by atoms with E-state index in [1.165, 1.54) is 37.1 Å². The highest BCUT2D eigenvalue weighted by Crippen LogP contribution is 2.34. The maximum atomic E-state index is 13.4. The lowest BCUT2D eigenvalue weighted by atomic mass is 9.99. The number of hydrogen-bond donors (Lipinski definition) is 0. The first-order valence-corrected chi connectivity index (χ1v) is 14.4. The molecular weight excluding hydrogens is 464 g/mol. The first-order valence-electron chi connectivity index (χ1n) is 13.6. The predicted molar refractivity (Wildman–Crippen MR) is 152 cm³/mol. The molecule has 2 aliphatic rings. The van der Waals surface area contributed by atoms with E-state index in [1.54, 1.807) is 11.9 Å². The van der Waals surface area contributed by atoms with E-state index in [0.717, 1.165) is 60.7 Å². The van der Waals surface area contributed by atoms with Gasteiger partial charge in [-0.05, 0) is 67.8 Å². The fourth-order valence-electron chi connectivity index (χ4n) is 5.46. The molecule has 2 atom stereocenters. The molecule has 4 rings (SSSR count). The lowest BCUT2D eigenvalue weighted by Gasteiger charge is -2.37. The summed E-state index contributed by atoms with van der Waals surface area (Å²) in [6.07, 6.45) is 11.8. The van der Waals surface area contributed by atoms with Crippen molar-refractivity contribution < 1.29 is 4.79 Å². The standard InChI is InChI=1S/C30H42N4OS/c1-5-9-24(6-2)22-33-18-20-34(21-19-33)30(35)26-14-13-23(3)27(16-15-26)32(4)36-28-12-7-10-25-11-8-17-31-29(25)28/h7-8,10-12,15-17,24,26H,5-6,9,13-14,18-22H2,1-4H3. The minimum Gasteiger partial charge on any atom is -0.340 e. The number of nitrogens with zero attached hydrogens (tertiary/aromatic N) is 4. The van der Waals surface area contributed by atoms with E-state index >= 15 is 0 Å². The molecule has 36 heavy (non-hydrogen) atoms. The zero-order valence-corrected chi connectivity index (χ0v) is 23.3. The van der Waals surface area contributed by atoms with Crippen LogP contribution in [0.3, 0.4) is 0 Å². The van der Waals surface area contributed by atoms with E-state index in [9.17, 15) is 4.79 Å². The van der Waals surface area contributed by atoms with Crippen LogP contribution in [0.2, 0.25) is 0 Å². The van der Waals surface area contributed by atoms with Crippen molar-refractivity contribution in [3.8, 4) is 0 Å². The molecule has 0 radical (unpaired) electrons. The number of aromatic nitrogens is 1. The lowest BCUT2D eigenvalue weighted by Crippen LogP contribution is -2.51. The van der Waals surface area contributed by atoms with Gasteiger partial charge >= 0.3 is 0 Å². The SMILES string of the molecule is CCCC(CC)CN1CCN(C(=O)C2C=CC(N(C)Sc3cccc4cccnc34)=C(C)CC2)CC1. The van der Waals surface area contributed by atoms with E-state index in [-0.39, 0.29) is 5.92 Å². The number of likely N-dealkylation sites (N-methyl/N-ethyl adjacent to an activating group) is 1. The minimum atomic E-state index is -0.0369. The van der Waals surface area contributed by atoms with Gasteiger partial charge in [0.2, 0.25) is 5.91 Å². The summed E-state index contributed by atoms with van der Waals surface area (Å²) in [6.45, 7) is 11.7. The van der Waals surface area contributed by atoms with Gasteiger partial charge < -0.3 is 9.21 Å². The Bertz CT molecular complexity index is 1080. The summed E-state index contributed by atoms with van der Waals surface area (Å²) in [6, 6.07) is 10.4. The van der Waals surface area contributed by atoms with Gasteiger partial charge in [-0.1, -0.05) is 51.0 Å². The highest BCUT2D eigenvalue weighted by molar-refractivity contribution is 7.97. The zero-order chi connectivity index (χ0) is 25.5. The topological polar surface area (TPSA) is 39.7 Å². The van der Waals surface area contributed by atoms with Crippen LogP contribution in [0.15, 0.2) is 64.8 Å². The third-order valence-corrected chi connectivity index (χ3v) is 8.71. The average molecular weight is 507 g/mol. The van der Waals surface area contributed by atoms with Gasteiger partial charge in [0.25, 0.3) is 0 Å². The number of rotatable bonds is 9. The van der Waals surface area contributed by atoms with Crippen molar-refractivity contribution in [1.82, 2.24) is 19.1 Å². The van der Waals surface area contributed by atoms with Crippen molar-refractivity contribution >= 4 is 28.8 Å². The van der Waals surface area contributed by atoms with Crippen LogP contribution >= 0.6 is 11.9 Å². The smallest absolute Gasteiger partial charge is 0.229 e. The van der Waals surface area contributed by atoms with Crippen LogP contribution in [0.1, 0.15) is 52.9 Å². The Balaban J connectivity index is 1.35. The van der Waals surface area contributed by atoms with Gasteiger partial charge in [-0.25, -0.2) is 0 Å². The molecule has 1 aliphatic heterocycles. The van der Waals surface area contributed by atoms with Gasteiger partial charge in [-0.15, -0.1) is 0 Å². The fraction of sp³-hybridized carbons (Fsp3) is 0.533. The summed E-state index contributed by atoms with van der Waals surface area (Å²) < 4.78 is 2.22. The number of fused-ring (bicyclic) bond motifs is 1. The molecule has 0 bridgehead atoms. The number of para-hydroxylation sites is 1. The third-order valence-electron chi connectivity index (χ3n) is 7.72. The summed E-state index contributed by atoms with van der Waals surface area (Å²) in [7, 11) is 2.11. The Kier molecular flexibility index (Phi) is 9.49. The molecule has 6 heteroatoms. The van der Waals surface area contributed by atoms with Crippen LogP contribution in [-0.2, 0) is 4.79 Å². The first-order chi connectivity index (χ1) is 17.5. The Morgan fingerprint density at radius 1 is 1.17 bits per heavy atom. The number of pyridine rings is 1. The third kappa shape index (κ3) is 6.51. The van der Waals surface area contributed by atoms with E-state index in [4.69, 9.17) is 0 Å². The molecule has 2 heterocycles. The van der Waals surface area contributed by atoms with Crippen molar-refractivity contribution in [2.75, 3.05) is 39.8 Å². The molecule has 1 amide bonds. The van der Waals surface area contributed by atoms with E-state index in [2.05, 4.69) is 83.3 Å². The van der Waals surface area contributed by atoms with Crippen LogP contribution in [0.5, 0.6) is 0 Å². The second-order valence-electron chi connectivity index (χ2n) is 10.3. The number of carbonyl (C=O) groups is 1. The summed E-state index contributed by atoms with van der Waals surface area (Å²) in [5.41, 5.74) is 3.55. The molecular formula is C30H42N4OS. The van der Waals surface area contributed by atoms with Gasteiger partial charge in [-0.3, -0.25) is 14.7 Å². The minimum absolute atomic E-state index is 0.0369. The highest BCUT2D eigenvalue weighted by Gasteiger charge is 2.28. The van der Waals surface area contributed by atoms with Crippen LogP contribution in [0.4, 0.5) is 0 Å². The molecule has 1 aliphatic carbocycles. The molecule has 0 spiro atoms. The lowest BCUT2D eigenvalue weighted by molar-refractivity contribution is -0.136. The fourth-order valence-corrected chi connectivity index (χ4v) is 6.46. The normalized spacial score (nSPS) is 20.0. The van der Waals surface area contributed by atoms with E-state index < -0.39 is 0 Å². The molecule has 1 fully saturated rings. The number of hydrogen-bond acceptors (Lipinski definition) is 5. The van der Waals surface area contributed by atoms with Crippen LogP contribution in [0.25, 0.3) is 10.9 Å². The Labute approximate surface area is 221 Å². The second kappa shape index (κ2) is 12.8. The largest absolute Gasteiger partial charge is 0.340 e. The molecule has 1 aromatic carbocycles. The number of allylic oxidation sites excluding steroid dienone is 2. The van der Waals surface area contributed by atoms with Crippen molar-refractivity contribution in [2.24, 2.45) is 11.8 Å². The van der Waals surface area contributed by atoms with Crippen molar-refractivity contribution in [3.05, 3.63) is 60.0 Å². The van der Waals surface area contributed by atoms with Gasteiger partial charge in [0, 0.05) is 57.1 Å². The summed E-state index contributed by atoms with van der Waals surface area (Å²) in [5.74, 6) is 1.05. The van der Waals surface area contributed by atoms with Crippen molar-refractivity contribution in [2.45, 2.75) is 57.8 Å². The van der Waals surface area contributed by atoms with Crippen molar-refractivity contribution in [3.63, 3.8) is 0 Å². The Hall–Kier alpha value is -2.31. The second-order valence-corrected chi connectivity index (χ2v) is 11.4. The number of carbonyl (C=O) groups excluding carboxylic acids is 1. The molecule has 194 valence electrons. The highest BCUT2D eigenvalue weighted by atomic mass is 32.2. The van der Waals surface area contributed by atoms with Crippen LogP contribution in [-0.4, -0.2) is 64.8 Å². The van der Waals surface area contributed by atoms with E-state index in [1.807, 2.05) is 12.3 Å². The first kappa shape index (κ1) is 26.7. The number of benzene rings is 1. The molecule has 1 aromatic heterocycles. The predicted octanol–water partition coefficient (Wildman–Crippen LogP) is 6.38. The van der Waals surface area contributed by atoms with Crippen LogP contribution < -0.4 is 0 Å². The molecule has 2 aromatic rings. The van der Waals surface area contributed by atoms with Crippen LogP contribution in [0, 0.1) is 11.8 Å². The molecule has 0 saturated carbocycles. The Morgan fingerprint density at radius 2 is 1.94 bits per heavy atom. The Morgan fingerprint density at radius 3 is 2.69 bits per heavy atom. The monoisotopic (exact) mass is 506 g/mol. The van der Waals surface area contributed by atoms with Gasteiger partial charge in [0.15, 0.2) is 0 Å². The average Bonchev–Trinajstić information content (AvgIpc) is 3.10. The zero-order valence-electron chi connectivity index (χ0n) is 22.4. The maximum Gasteiger partial charge on any atom is 0.229 e. The quantitative estimate of drug-likeness (QED) is 0.369. The number of piperazine rings is 1. The summed E-state index contributed by atoms with van der Waals surface area (Å²) >= 11 is 1.70. The molecule has 0 N–H and O–H groups in total. The van der Waals surface area contributed by atoms with Crippen molar-refractivity contribution in [1.29, 1.82) is 0 Å². The number of amides is 1. The van der Waals surface area contributed by atoms with Gasteiger partial charge in [-0.2, -0.15) is 0 Å². The summed E-state index contributed by atoms with van der Waals surface area (Å²) in [4.78, 5) is 23.8. The van der Waals surface area contributed by atoms with Gasteiger partial charge in [0.05, 0.1) is 16.3 Å². The summed E-state index contributed by atoms with van der Waals surface area (Å²) in [5, 5.41) is 1.15. The molecule has 5 nitrogen and oxygen atoms in total. The molecule has 1 saturated heterocycles.